The van der Waals surface area contributed by atoms with Gasteiger partial charge in [0.1, 0.15) is 12.6 Å². The molecule has 0 saturated heterocycles. The number of carbonyl (C=O) groups excluding carboxylic acids is 2. The number of aryl methyl sites for hydroxylation is 3. The number of anilines is 1. The number of sulfonamides is 1. The molecular formula is C32H41N3O4S. The zero-order valence-electron chi connectivity index (χ0n) is 24.3. The number of carbonyl (C=O) groups is 2. The first-order valence-electron chi connectivity index (χ1n) is 13.7. The molecule has 0 radical (unpaired) electrons. The number of hydrogen-bond acceptors (Lipinski definition) is 4. The maximum atomic E-state index is 14.1. The largest absolute Gasteiger partial charge is 0.354 e. The van der Waals surface area contributed by atoms with Crippen molar-refractivity contribution in [2.45, 2.75) is 65.4 Å². The van der Waals surface area contributed by atoms with Gasteiger partial charge in [0.25, 0.3) is 10.0 Å². The number of nitrogens with one attached hydrogen (secondary N) is 1. The van der Waals surface area contributed by atoms with Crippen molar-refractivity contribution in [3.8, 4) is 0 Å². The molecule has 2 amide bonds. The van der Waals surface area contributed by atoms with E-state index in [9.17, 15) is 18.0 Å². The second kappa shape index (κ2) is 13.6. The van der Waals surface area contributed by atoms with E-state index < -0.39 is 28.5 Å². The van der Waals surface area contributed by atoms with Gasteiger partial charge in [0.2, 0.25) is 11.8 Å². The molecule has 0 aliphatic heterocycles. The summed E-state index contributed by atoms with van der Waals surface area (Å²) in [6, 6.07) is 20.6. The molecule has 8 heteroatoms. The fourth-order valence-corrected chi connectivity index (χ4v) is 5.72. The highest BCUT2D eigenvalue weighted by Gasteiger charge is 2.33. The molecule has 0 bridgehead atoms. The standard InChI is InChI=1S/C32H41N3O4S/c1-7-30(32(37)33-20-23(2)3)34(21-27-14-8-24(4)9-15-27)31(36)22-35(28-16-10-25(5)11-17-28)40(38,39)29-18-12-26(6)13-19-29/h8-19,23,30H,7,20-22H2,1-6H3,(H,33,37)/t30-/m1/s1. The molecule has 1 atom stereocenters. The summed E-state index contributed by atoms with van der Waals surface area (Å²) in [5.74, 6) is -0.456. The summed E-state index contributed by atoms with van der Waals surface area (Å²) >= 11 is 0. The van der Waals surface area contributed by atoms with Crippen LogP contribution in [-0.4, -0.2) is 44.3 Å². The Hall–Kier alpha value is -3.65. The predicted molar refractivity (Wildman–Crippen MR) is 161 cm³/mol. The lowest BCUT2D eigenvalue weighted by Crippen LogP contribution is -2.52. The van der Waals surface area contributed by atoms with Gasteiger partial charge in [-0.3, -0.25) is 13.9 Å². The SMILES string of the molecule is CC[C@H](C(=O)NCC(C)C)N(Cc1ccc(C)cc1)C(=O)CN(c1ccc(C)cc1)S(=O)(=O)c1ccc(C)cc1. The average Bonchev–Trinajstić information content (AvgIpc) is 2.92. The minimum Gasteiger partial charge on any atom is -0.354 e. The van der Waals surface area contributed by atoms with Crippen molar-refractivity contribution >= 4 is 27.5 Å². The number of nitrogens with zero attached hydrogens (tertiary/aromatic N) is 2. The van der Waals surface area contributed by atoms with Gasteiger partial charge in [0, 0.05) is 13.1 Å². The molecule has 0 aliphatic rings. The zero-order chi connectivity index (χ0) is 29.4. The van der Waals surface area contributed by atoms with Crippen molar-refractivity contribution in [3.05, 3.63) is 95.1 Å². The van der Waals surface area contributed by atoms with Gasteiger partial charge in [0.15, 0.2) is 0 Å². The molecule has 3 rings (SSSR count). The van der Waals surface area contributed by atoms with E-state index in [1.807, 2.05) is 77.9 Å². The Morgan fingerprint density at radius 3 is 1.80 bits per heavy atom. The van der Waals surface area contributed by atoms with E-state index >= 15 is 0 Å². The van der Waals surface area contributed by atoms with E-state index in [0.29, 0.717) is 18.7 Å². The lowest BCUT2D eigenvalue weighted by molar-refractivity contribution is -0.140. The number of benzene rings is 3. The van der Waals surface area contributed by atoms with Gasteiger partial charge in [-0.25, -0.2) is 8.42 Å². The maximum Gasteiger partial charge on any atom is 0.264 e. The van der Waals surface area contributed by atoms with E-state index in [1.165, 1.54) is 4.90 Å². The Labute approximate surface area is 239 Å². The van der Waals surface area contributed by atoms with Crippen LogP contribution in [0.3, 0.4) is 0 Å². The van der Waals surface area contributed by atoms with Gasteiger partial charge in [-0.15, -0.1) is 0 Å². The third-order valence-corrected chi connectivity index (χ3v) is 8.54. The molecule has 1 N–H and O–H groups in total. The summed E-state index contributed by atoms with van der Waals surface area (Å²) in [5.41, 5.74) is 4.22. The van der Waals surface area contributed by atoms with E-state index in [2.05, 4.69) is 5.32 Å². The quantitative estimate of drug-likeness (QED) is 0.320. The van der Waals surface area contributed by atoms with Crippen LogP contribution >= 0.6 is 0 Å². The highest BCUT2D eigenvalue weighted by molar-refractivity contribution is 7.92. The summed E-state index contributed by atoms with van der Waals surface area (Å²) in [6.45, 7) is 11.9. The molecule has 0 saturated carbocycles. The molecule has 0 aliphatic carbocycles. The summed E-state index contributed by atoms with van der Waals surface area (Å²) in [7, 11) is -4.08. The van der Waals surface area contributed by atoms with Crippen molar-refractivity contribution in [2.24, 2.45) is 5.92 Å². The van der Waals surface area contributed by atoms with Crippen LogP contribution in [0.25, 0.3) is 0 Å². The van der Waals surface area contributed by atoms with Gasteiger partial charge in [0.05, 0.1) is 10.6 Å². The first-order valence-corrected chi connectivity index (χ1v) is 15.1. The van der Waals surface area contributed by atoms with Crippen LogP contribution in [0.2, 0.25) is 0 Å². The first-order chi connectivity index (χ1) is 18.9. The number of rotatable bonds is 12. The number of hydrogen-bond donors (Lipinski definition) is 1. The molecule has 7 nitrogen and oxygen atoms in total. The lowest BCUT2D eigenvalue weighted by Gasteiger charge is -2.33. The van der Waals surface area contributed by atoms with E-state index in [1.54, 1.807) is 36.4 Å². The van der Waals surface area contributed by atoms with Gasteiger partial charge in [-0.05, 0) is 62.9 Å². The minimum atomic E-state index is -4.08. The van der Waals surface area contributed by atoms with E-state index in [-0.39, 0.29) is 23.3 Å². The van der Waals surface area contributed by atoms with Crippen molar-refractivity contribution < 1.29 is 18.0 Å². The fourth-order valence-electron chi connectivity index (χ4n) is 4.31. The minimum absolute atomic E-state index is 0.0956. The third-order valence-electron chi connectivity index (χ3n) is 6.75. The topological polar surface area (TPSA) is 86.8 Å². The van der Waals surface area contributed by atoms with Crippen LogP contribution in [0.5, 0.6) is 0 Å². The van der Waals surface area contributed by atoms with Gasteiger partial charge < -0.3 is 10.2 Å². The molecular weight excluding hydrogens is 522 g/mol. The van der Waals surface area contributed by atoms with Crippen LogP contribution in [0.4, 0.5) is 5.69 Å². The van der Waals surface area contributed by atoms with Crippen molar-refractivity contribution in [3.63, 3.8) is 0 Å². The molecule has 0 unspecified atom stereocenters. The summed E-state index contributed by atoms with van der Waals surface area (Å²) in [5, 5.41) is 2.95. The Balaban J connectivity index is 2.03. The van der Waals surface area contributed by atoms with E-state index in [0.717, 1.165) is 26.6 Å². The second-order valence-electron chi connectivity index (χ2n) is 10.7. The molecule has 0 heterocycles. The maximum absolute atomic E-state index is 14.1. The third kappa shape index (κ3) is 7.94. The number of amides is 2. The second-order valence-corrected chi connectivity index (χ2v) is 12.6. The van der Waals surface area contributed by atoms with Crippen LogP contribution in [0.15, 0.2) is 77.7 Å². The van der Waals surface area contributed by atoms with Crippen LogP contribution in [0.1, 0.15) is 49.4 Å². The van der Waals surface area contributed by atoms with Gasteiger partial charge >= 0.3 is 0 Å². The normalized spacial score (nSPS) is 12.2. The molecule has 3 aromatic rings. The van der Waals surface area contributed by atoms with Crippen LogP contribution in [-0.2, 0) is 26.2 Å². The molecule has 0 spiro atoms. The molecule has 0 aromatic heterocycles. The fraction of sp³-hybridized carbons (Fsp3) is 0.375. The highest BCUT2D eigenvalue weighted by Crippen LogP contribution is 2.25. The molecule has 214 valence electrons. The smallest absolute Gasteiger partial charge is 0.264 e. The molecule has 0 fully saturated rings. The Morgan fingerprint density at radius 2 is 1.30 bits per heavy atom. The average molecular weight is 564 g/mol. The molecule has 40 heavy (non-hydrogen) atoms. The summed E-state index contributed by atoms with van der Waals surface area (Å²) < 4.78 is 29.0. The summed E-state index contributed by atoms with van der Waals surface area (Å²) in [6.07, 6.45) is 0.386. The van der Waals surface area contributed by atoms with Crippen LogP contribution < -0.4 is 9.62 Å². The lowest BCUT2D eigenvalue weighted by atomic mass is 10.1. The van der Waals surface area contributed by atoms with Gasteiger partial charge in [-0.1, -0.05) is 86.0 Å². The van der Waals surface area contributed by atoms with Gasteiger partial charge in [-0.2, -0.15) is 0 Å². The highest BCUT2D eigenvalue weighted by atomic mass is 32.2. The Morgan fingerprint density at radius 1 is 0.800 bits per heavy atom. The van der Waals surface area contributed by atoms with Crippen molar-refractivity contribution in [1.82, 2.24) is 10.2 Å². The zero-order valence-corrected chi connectivity index (χ0v) is 25.2. The molecule has 3 aromatic carbocycles. The van der Waals surface area contributed by atoms with E-state index in [4.69, 9.17) is 0 Å². The Kier molecular flexibility index (Phi) is 10.5. The Bertz CT molecular complexity index is 1380. The summed E-state index contributed by atoms with van der Waals surface area (Å²) in [4.78, 5) is 29.0. The van der Waals surface area contributed by atoms with Crippen molar-refractivity contribution in [2.75, 3.05) is 17.4 Å². The van der Waals surface area contributed by atoms with Crippen LogP contribution in [0, 0.1) is 26.7 Å². The first kappa shape index (κ1) is 30.9. The monoisotopic (exact) mass is 563 g/mol. The van der Waals surface area contributed by atoms with Crippen molar-refractivity contribution in [1.29, 1.82) is 0 Å². The predicted octanol–water partition coefficient (Wildman–Crippen LogP) is 5.39.